The molecule has 0 aliphatic carbocycles. The minimum absolute atomic E-state index is 0.0369. The van der Waals surface area contributed by atoms with Crippen molar-refractivity contribution in [1.82, 2.24) is 9.55 Å². The maximum absolute atomic E-state index is 12.1. The van der Waals surface area contributed by atoms with Crippen LogP contribution in [0.25, 0.3) is 10.2 Å². The Labute approximate surface area is 107 Å². The first-order valence-corrected chi connectivity index (χ1v) is 7.61. The number of aromatic nitrogens is 2. The maximum Gasteiger partial charge on any atom is 0.272 e. The summed E-state index contributed by atoms with van der Waals surface area (Å²) in [5, 5.41) is 1.91. The van der Waals surface area contributed by atoms with E-state index in [9.17, 15) is 4.79 Å². The van der Waals surface area contributed by atoms with E-state index >= 15 is 0 Å². The summed E-state index contributed by atoms with van der Waals surface area (Å²) in [5.41, 5.74) is 0.885. The highest BCUT2D eigenvalue weighted by atomic mass is 32.2. The SMILES string of the molecule is CSCCCn1c(=S)[nH]c2ccsc2c1=O. The van der Waals surface area contributed by atoms with Gasteiger partial charge in [0.25, 0.3) is 5.56 Å². The number of thiophene rings is 1. The lowest BCUT2D eigenvalue weighted by Crippen LogP contribution is -2.21. The number of H-pyrrole nitrogens is 1. The number of hydrogen-bond acceptors (Lipinski definition) is 4. The summed E-state index contributed by atoms with van der Waals surface area (Å²) in [6.07, 6.45) is 3.03. The van der Waals surface area contributed by atoms with Gasteiger partial charge in [-0.25, -0.2) is 0 Å². The summed E-state index contributed by atoms with van der Waals surface area (Å²) in [4.78, 5) is 15.2. The van der Waals surface area contributed by atoms with Gasteiger partial charge in [-0.1, -0.05) is 0 Å². The van der Waals surface area contributed by atoms with Crippen LogP contribution >= 0.6 is 35.3 Å². The van der Waals surface area contributed by atoms with Crippen molar-refractivity contribution in [3.63, 3.8) is 0 Å². The third-order valence-corrected chi connectivity index (χ3v) is 4.24. The third kappa shape index (κ3) is 2.23. The number of rotatable bonds is 4. The summed E-state index contributed by atoms with van der Waals surface area (Å²) >= 11 is 8.43. The quantitative estimate of drug-likeness (QED) is 0.687. The molecule has 0 atom stereocenters. The van der Waals surface area contributed by atoms with Crippen LogP contribution in [0.15, 0.2) is 16.2 Å². The zero-order chi connectivity index (χ0) is 11.5. The largest absolute Gasteiger partial charge is 0.331 e. The van der Waals surface area contributed by atoms with Crippen LogP contribution in [-0.2, 0) is 6.54 Å². The van der Waals surface area contributed by atoms with Gasteiger partial charge in [0.1, 0.15) is 4.70 Å². The van der Waals surface area contributed by atoms with Gasteiger partial charge in [0.05, 0.1) is 5.52 Å². The van der Waals surface area contributed by atoms with Gasteiger partial charge in [-0.3, -0.25) is 9.36 Å². The normalized spacial score (nSPS) is 11.1. The van der Waals surface area contributed by atoms with Gasteiger partial charge in [-0.15, -0.1) is 11.3 Å². The third-order valence-electron chi connectivity index (χ3n) is 2.32. The monoisotopic (exact) mass is 272 g/mol. The molecule has 0 unspecified atom stereocenters. The maximum atomic E-state index is 12.1. The Kier molecular flexibility index (Phi) is 3.83. The minimum atomic E-state index is 0.0369. The second-order valence-corrected chi connectivity index (χ2v) is 5.69. The highest BCUT2D eigenvalue weighted by molar-refractivity contribution is 7.98. The van der Waals surface area contributed by atoms with Crippen LogP contribution in [0.5, 0.6) is 0 Å². The molecular formula is C10H12N2OS3. The van der Waals surface area contributed by atoms with E-state index in [0.717, 1.165) is 22.4 Å². The fourth-order valence-corrected chi connectivity index (χ4v) is 3.04. The molecule has 3 nitrogen and oxygen atoms in total. The van der Waals surface area contributed by atoms with E-state index in [-0.39, 0.29) is 5.56 Å². The molecule has 2 rings (SSSR count). The van der Waals surface area contributed by atoms with Gasteiger partial charge < -0.3 is 4.98 Å². The minimum Gasteiger partial charge on any atom is -0.331 e. The van der Waals surface area contributed by atoms with Crippen molar-refractivity contribution in [1.29, 1.82) is 0 Å². The lowest BCUT2D eigenvalue weighted by molar-refractivity contribution is 0.643. The van der Waals surface area contributed by atoms with Gasteiger partial charge in [-0.05, 0) is 42.1 Å². The molecule has 0 aromatic carbocycles. The molecule has 6 heteroatoms. The van der Waals surface area contributed by atoms with Gasteiger partial charge in [-0.2, -0.15) is 11.8 Å². The molecule has 0 aliphatic heterocycles. The van der Waals surface area contributed by atoms with Gasteiger partial charge >= 0.3 is 0 Å². The number of thioether (sulfide) groups is 1. The fourth-order valence-electron chi connectivity index (χ4n) is 1.54. The van der Waals surface area contributed by atoms with E-state index < -0.39 is 0 Å². The summed E-state index contributed by atoms with van der Waals surface area (Å²) < 4.78 is 2.94. The molecule has 0 amide bonds. The summed E-state index contributed by atoms with van der Waals surface area (Å²) in [6, 6.07) is 1.89. The van der Waals surface area contributed by atoms with E-state index in [2.05, 4.69) is 11.2 Å². The van der Waals surface area contributed by atoms with Crippen molar-refractivity contribution in [2.75, 3.05) is 12.0 Å². The molecular weight excluding hydrogens is 260 g/mol. The van der Waals surface area contributed by atoms with E-state index in [0.29, 0.717) is 11.3 Å². The van der Waals surface area contributed by atoms with Crippen molar-refractivity contribution in [2.24, 2.45) is 0 Å². The molecule has 0 saturated heterocycles. The number of aromatic amines is 1. The van der Waals surface area contributed by atoms with Crippen LogP contribution < -0.4 is 5.56 Å². The Balaban J connectivity index is 2.44. The molecule has 0 spiro atoms. The average Bonchev–Trinajstić information content (AvgIpc) is 2.71. The lowest BCUT2D eigenvalue weighted by Gasteiger charge is -2.05. The first-order valence-electron chi connectivity index (χ1n) is 4.93. The second-order valence-electron chi connectivity index (χ2n) is 3.40. The second kappa shape index (κ2) is 5.16. The van der Waals surface area contributed by atoms with Crippen LogP contribution in [0.4, 0.5) is 0 Å². The highest BCUT2D eigenvalue weighted by Gasteiger charge is 2.05. The molecule has 2 heterocycles. The fraction of sp³-hybridized carbons (Fsp3) is 0.400. The zero-order valence-electron chi connectivity index (χ0n) is 8.86. The topological polar surface area (TPSA) is 37.8 Å². The zero-order valence-corrected chi connectivity index (χ0v) is 11.3. The smallest absolute Gasteiger partial charge is 0.272 e. The number of nitrogens with zero attached hydrogens (tertiary/aromatic N) is 1. The summed E-state index contributed by atoms with van der Waals surface area (Å²) in [7, 11) is 0. The molecule has 86 valence electrons. The van der Waals surface area contributed by atoms with Crippen molar-refractivity contribution < 1.29 is 0 Å². The van der Waals surface area contributed by atoms with Gasteiger partial charge in [0.2, 0.25) is 0 Å². The van der Waals surface area contributed by atoms with Crippen molar-refractivity contribution in [3.05, 3.63) is 26.6 Å². The van der Waals surface area contributed by atoms with Crippen LogP contribution in [0, 0.1) is 4.77 Å². The Morgan fingerprint density at radius 1 is 1.62 bits per heavy atom. The highest BCUT2D eigenvalue weighted by Crippen LogP contribution is 2.14. The molecule has 2 aromatic rings. The first-order chi connectivity index (χ1) is 7.74. The van der Waals surface area contributed by atoms with Crippen molar-refractivity contribution >= 4 is 45.5 Å². The molecule has 0 saturated carbocycles. The predicted molar refractivity (Wildman–Crippen MR) is 74.3 cm³/mol. The van der Waals surface area contributed by atoms with Crippen molar-refractivity contribution in [3.8, 4) is 0 Å². The Morgan fingerprint density at radius 3 is 3.19 bits per heavy atom. The molecule has 0 fully saturated rings. The Hall–Kier alpha value is -0.590. The molecule has 0 aliphatic rings. The van der Waals surface area contributed by atoms with E-state index in [1.165, 1.54) is 11.3 Å². The molecule has 16 heavy (non-hydrogen) atoms. The van der Waals surface area contributed by atoms with Crippen LogP contribution in [0.2, 0.25) is 0 Å². The molecule has 0 radical (unpaired) electrons. The lowest BCUT2D eigenvalue weighted by atomic mass is 10.4. The van der Waals surface area contributed by atoms with E-state index in [1.54, 1.807) is 16.3 Å². The molecule has 0 bridgehead atoms. The van der Waals surface area contributed by atoms with Crippen LogP contribution in [0.3, 0.4) is 0 Å². The predicted octanol–water partition coefficient (Wildman–Crippen LogP) is 2.87. The Morgan fingerprint density at radius 2 is 2.44 bits per heavy atom. The number of nitrogens with one attached hydrogen (secondary N) is 1. The number of hydrogen-bond donors (Lipinski definition) is 1. The Bertz CT molecular complexity index is 596. The summed E-state index contributed by atoms with van der Waals surface area (Å²) in [6.45, 7) is 0.697. The molecule has 1 N–H and O–H groups in total. The standard InChI is InChI=1S/C10H12N2OS3/c1-15-5-2-4-12-9(13)8-7(3-6-16-8)11-10(12)14/h3,6H,2,4-5H2,1H3,(H,11,14). The van der Waals surface area contributed by atoms with E-state index in [4.69, 9.17) is 12.2 Å². The van der Waals surface area contributed by atoms with Gasteiger partial charge in [0, 0.05) is 6.54 Å². The van der Waals surface area contributed by atoms with Crippen LogP contribution in [-0.4, -0.2) is 21.6 Å². The van der Waals surface area contributed by atoms with Gasteiger partial charge in [0.15, 0.2) is 4.77 Å². The summed E-state index contributed by atoms with van der Waals surface area (Å²) in [5.74, 6) is 1.05. The van der Waals surface area contributed by atoms with Crippen molar-refractivity contribution in [2.45, 2.75) is 13.0 Å². The number of fused-ring (bicyclic) bond motifs is 1. The first kappa shape index (κ1) is 11.9. The molecule has 2 aromatic heterocycles. The average molecular weight is 272 g/mol. The van der Waals surface area contributed by atoms with E-state index in [1.807, 2.05) is 11.4 Å². The van der Waals surface area contributed by atoms with Crippen LogP contribution in [0.1, 0.15) is 6.42 Å².